The largest absolute Gasteiger partial charge is 0.353 e. The number of amides is 1. The van der Waals surface area contributed by atoms with Crippen LogP contribution >= 0.6 is 0 Å². The third-order valence-electron chi connectivity index (χ3n) is 4.70. The molecular formula is C19H25N5O. The van der Waals surface area contributed by atoms with Crippen molar-refractivity contribution < 1.29 is 4.79 Å². The van der Waals surface area contributed by atoms with Crippen LogP contribution in [0.2, 0.25) is 0 Å². The maximum absolute atomic E-state index is 12.3. The van der Waals surface area contributed by atoms with Crippen LogP contribution in [-0.2, 0) is 4.79 Å². The van der Waals surface area contributed by atoms with Crippen LogP contribution in [0.25, 0.3) is 0 Å². The van der Waals surface area contributed by atoms with E-state index < -0.39 is 0 Å². The Morgan fingerprint density at radius 1 is 1.28 bits per heavy atom. The summed E-state index contributed by atoms with van der Waals surface area (Å²) in [5, 5.41) is 3.01. The van der Waals surface area contributed by atoms with Gasteiger partial charge in [0.05, 0.1) is 6.54 Å². The van der Waals surface area contributed by atoms with Crippen LogP contribution in [0.4, 0.5) is 11.5 Å². The molecule has 6 nitrogen and oxygen atoms in total. The third-order valence-corrected chi connectivity index (χ3v) is 4.70. The predicted molar refractivity (Wildman–Crippen MR) is 99.9 cm³/mol. The first-order chi connectivity index (χ1) is 11.9. The molecule has 1 aromatic heterocycles. The van der Waals surface area contributed by atoms with E-state index in [0.717, 1.165) is 35.7 Å². The maximum atomic E-state index is 12.3. The Hall–Kier alpha value is -2.47. The van der Waals surface area contributed by atoms with Crippen LogP contribution in [0.15, 0.2) is 30.7 Å². The Morgan fingerprint density at radius 3 is 2.72 bits per heavy atom. The zero-order valence-electron chi connectivity index (χ0n) is 15.3. The number of nitrogens with one attached hydrogen (secondary N) is 1. The van der Waals surface area contributed by atoms with Crippen LogP contribution in [0.3, 0.4) is 0 Å². The highest BCUT2D eigenvalue weighted by Crippen LogP contribution is 2.23. The fourth-order valence-corrected chi connectivity index (χ4v) is 3.13. The molecule has 132 valence electrons. The number of hydrogen-bond donors (Lipinski definition) is 1. The molecular weight excluding hydrogens is 314 g/mol. The van der Waals surface area contributed by atoms with Gasteiger partial charge in [0.2, 0.25) is 5.91 Å². The van der Waals surface area contributed by atoms with Gasteiger partial charge in [-0.15, -0.1) is 0 Å². The molecule has 25 heavy (non-hydrogen) atoms. The molecule has 1 aromatic carbocycles. The lowest BCUT2D eigenvalue weighted by atomic mass is 10.1. The molecule has 1 amide bonds. The van der Waals surface area contributed by atoms with Crippen molar-refractivity contribution in [2.45, 2.75) is 26.8 Å². The van der Waals surface area contributed by atoms with Crippen LogP contribution < -0.4 is 10.2 Å². The summed E-state index contributed by atoms with van der Waals surface area (Å²) in [6.45, 7) is 8.23. The smallest absolute Gasteiger partial charge is 0.238 e. The Labute approximate surface area is 148 Å². The van der Waals surface area contributed by atoms with Gasteiger partial charge >= 0.3 is 0 Å². The molecule has 2 aromatic rings. The van der Waals surface area contributed by atoms with Gasteiger partial charge < -0.3 is 10.2 Å². The van der Waals surface area contributed by atoms with E-state index in [1.807, 2.05) is 46.1 Å². The lowest BCUT2D eigenvalue weighted by Gasteiger charge is -2.44. The number of carbonyl (C=O) groups excluding carboxylic acids is 1. The second kappa shape index (κ2) is 7.19. The molecule has 1 aliphatic heterocycles. The molecule has 1 aliphatic rings. The molecule has 0 aliphatic carbocycles. The summed E-state index contributed by atoms with van der Waals surface area (Å²) in [6.07, 6.45) is 3.41. The van der Waals surface area contributed by atoms with Crippen LogP contribution in [0.1, 0.15) is 16.7 Å². The molecule has 1 saturated heterocycles. The molecule has 0 unspecified atom stereocenters. The number of rotatable bonds is 5. The summed E-state index contributed by atoms with van der Waals surface area (Å²) in [7, 11) is 2.00. The second-order valence-corrected chi connectivity index (χ2v) is 6.87. The molecule has 0 spiro atoms. The fourth-order valence-electron chi connectivity index (χ4n) is 3.13. The molecule has 3 rings (SSSR count). The Bertz CT molecular complexity index is 770. The first kappa shape index (κ1) is 17.4. The number of anilines is 2. The number of nitrogens with zero attached hydrogens (tertiary/aromatic N) is 4. The first-order valence-electron chi connectivity index (χ1n) is 8.53. The summed E-state index contributed by atoms with van der Waals surface area (Å²) >= 11 is 0. The normalized spacial score (nSPS) is 14.5. The van der Waals surface area contributed by atoms with Crippen LogP contribution in [0, 0.1) is 20.8 Å². The molecule has 0 radical (unpaired) electrons. The zero-order chi connectivity index (χ0) is 18.0. The van der Waals surface area contributed by atoms with E-state index in [1.165, 1.54) is 5.56 Å². The third kappa shape index (κ3) is 3.96. The number of carbonyl (C=O) groups is 1. The van der Waals surface area contributed by atoms with Crippen molar-refractivity contribution in [3.63, 3.8) is 0 Å². The highest BCUT2D eigenvalue weighted by Gasteiger charge is 2.32. The van der Waals surface area contributed by atoms with Crippen molar-refractivity contribution >= 4 is 17.4 Å². The topological polar surface area (TPSA) is 61.4 Å². The summed E-state index contributed by atoms with van der Waals surface area (Å²) in [5.74, 6) is 1.01. The average Bonchev–Trinajstić information content (AvgIpc) is 2.50. The predicted octanol–water partition coefficient (Wildman–Crippen LogP) is 2.16. The van der Waals surface area contributed by atoms with E-state index in [0.29, 0.717) is 12.6 Å². The minimum Gasteiger partial charge on any atom is -0.353 e. The second-order valence-electron chi connectivity index (χ2n) is 6.87. The van der Waals surface area contributed by atoms with Crippen molar-refractivity contribution in [1.82, 2.24) is 14.9 Å². The van der Waals surface area contributed by atoms with Crippen LogP contribution in [0.5, 0.6) is 0 Å². The van der Waals surface area contributed by atoms with Crippen molar-refractivity contribution in [1.29, 1.82) is 0 Å². The van der Waals surface area contributed by atoms with E-state index in [2.05, 4.69) is 31.2 Å². The van der Waals surface area contributed by atoms with E-state index >= 15 is 0 Å². The molecule has 6 heteroatoms. The van der Waals surface area contributed by atoms with Gasteiger partial charge in [-0.1, -0.05) is 17.7 Å². The monoisotopic (exact) mass is 339 g/mol. The number of aryl methyl sites for hydroxylation is 3. The van der Waals surface area contributed by atoms with Crippen molar-refractivity contribution in [3.8, 4) is 0 Å². The fraction of sp³-hybridized carbons (Fsp3) is 0.421. The van der Waals surface area contributed by atoms with Crippen molar-refractivity contribution in [2.24, 2.45) is 0 Å². The number of hydrogen-bond acceptors (Lipinski definition) is 5. The summed E-state index contributed by atoms with van der Waals surface area (Å²) in [5.41, 5.74) is 4.25. The molecule has 1 fully saturated rings. The van der Waals surface area contributed by atoms with E-state index in [9.17, 15) is 4.79 Å². The molecule has 0 bridgehead atoms. The van der Waals surface area contributed by atoms with Gasteiger partial charge in [0.15, 0.2) is 0 Å². The minimum atomic E-state index is 0.0196. The summed E-state index contributed by atoms with van der Waals surface area (Å²) in [4.78, 5) is 25.0. The average molecular weight is 339 g/mol. The van der Waals surface area contributed by atoms with Gasteiger partial charge in [-0.25, -0.2) is 9.97 Å². The molecule has 0 saturated carbocycles. The standard InChI is InChI=1S/C19H25N5O/c1-13-5-6-17(14(2)7-13)22-18(25)11-23(4)16-9-24(10-16)19-15(3)8-20-12-21-19/h5-8,12,16H,9-11H2,1-4H3,(H,22,25). The van der Waals surface area contributed by atoms with Gasteiger partial charge in [0, 0.05) is 36.6 Å². The highest BCUT2D eigenvalue weighted by molar-refractivity contribution is 5.93. The zero-order valence-corrected chi connectivity index (χ0v) is 15.3. The summed E-state index contributed by atoms with van der Waals surface area (Å²) < 4.78 is 0. The Kier molecular flexibility index (Phi) is 4.99. The molecule has 0 atom stereocenters. The van der Waals surface area contributed by atoms with E-state index in [4.69, 9.17) is 0 Å². The molecule has 1 N–H and O–H groups in total. The number of benzene rings is 1. The van der Waals surface area contributed by atoms with Gasteiger partial charge in [-0.2, -0.15) is 0 Å². The Morgan fingerprint density at radius 2 is 2.04 bits per heavy atom. The van der Waals surface area contributed by atoms with Crippen molar-refractivity contribution in [2.75, 3.05) is 36.9 Å². The highest BCUT2D eigenvalue weighted by atomic mass is 16.2. The first-order valence-corrected chi connectivity index (χ1v) is 8.53. The lowest BCUT2D eigenvalue weighted by molar-refractivity contribution is -0.117. The SMILES string of the molecule is Cc1ccc(NC(=O)CN(C)C2CN(c3ncncc3C)C2)c(C)c1. The Balaban J connectivity index is 1.51. The van der Waals surface area contributed by atoms with Gasteiger partial charge in [0.1, 0.15) is 12.1 Å². The van der Waals surface area contributed by atoms with Crippen LogP contribution in [-0.4, -0.2) is 53.5 Å². The van der Waals surface area contributed by atoms with Gasteiger partial charge in [0.25, 0.3) is 0 Å². The summed E-state index contributed by atoms with van der Waals surface area (Å²) in [6, 6.07) is 6.41. The number of likely N-dealkylation sites (N-methyl/N-ethyl adjacent to an activating group) is 1. The maximum Gasteiger partial charge on any atom is 0.238 e. The molecule has 2 heterocycles. The number of aromatic nitrogens is 2. The lowest BCUT2D eigenvalue weighted by Crippen LogP contribution is -2.60. The van der Waals surface area contributed by atoms with Crippen molar-refractivity contribution in [3.05, 3.63) is 47.4 Å². The van der Waals surface area contributed by atoms with E-state index in [1.54, 1.807) is 6.33 Å². The van der Waals surface area contributed by atoms with Gasteiger partial charge in [-0.3, -0.25) is 9.69 Å². The van der Waals surface area contributed by atoms with Gasteiger partial charge in [-0.05, 0) is 39.4 Å². The quantitative estimate of drug-likeness (QED) is 0.904. The van der Waals surface area contributed by atoms with E-state index in [-0.39, 0.29) is 5.91 Å². The minimum absolute atomic E-state index is 0.0196.